The van der Waals surface area contributed by atoms with Crippen molar-refractivity contribution >= 4 is 15.9 Å². The van der Waals surface area contributed by atoms with E-state index in [-0.39, 0.29) is 0 Å². The molecule has 1 fully saturated rings. The van der Waals surface area contributed by atoms with Crippen LogP contribution < -0.4 is 4.74 Å². The van der Waals surface area contributed by atoms with E-state index >= 15 is 0 Å². The molecular formula is C17H25BrFNO. The first-order chi connectivity index (χ1) is 9.98. The van der Waals surface area contributed by atoms with Gasteiger partial charge in [0.25, 0.3) is 0 Å². The third-order valence-electron chi connectivity index (χ3n) is 4.30. The first-order valence-corrected chi connectivity index (χ1v) is 8.57. The Kier molecular flexibility index (Phi) is 6.06. The third kappa shape index (κ3) is 5.59. The van der Waals surface area contributed by atoms with Crippen LogP contribution in [0.2, 0.25) is 0 Å². The van der Waals surface area contributed by atoms with Crippen molar-refractivity contribution in [3.05, 3.63) is 28.7 Å². The minimum Gasteiger partial charge on any atom is -0.493 e. The van der Waals surface area contributed by atoms with Crippen molar-refractivity contribution in [1.82, 2.24) is 4.90 Å². The minimum absolute atomic E-state index is 0.559. The first-order valence-electron chi connectivity index (χ1n) is 7.78. The van der Waals surface area contributed by atoms with Gasteiger partial charge in [0.15, 0.2) is 0 Å². The molecule has 0 N–H and O–H groups in total. The van der Waals surface area contributed by atoms with Crippen molar-refractivity contribution in [2.75, 3.05) is 26.2 Å². The predicted molar refractivity (Wildman–Crippen MR) is 88.6 cm³/mol. The summed E-state index contributed by atoms with van der Waals surface area (Å²) < 4.78 is 20.9. The molecule has 0 spiro atoms. The van der Waals surface area contributed by atoms with Crippen molar-refractivity contribution in [2.24, 2.45) is 5.92 Å². The molecular weight excluding hydrogens is 333 g/mol. The van der Waals surface area contributed by atoms with Crippen LogP contribution in [0.3, 0.4) is 0 Å². The van der Waals surface area contributed by atoms with Crippen LogP contribution >= 0.6 is 15.9 Å². The summed E-state index contributed by atoms with van der Waals surface area (Å²) in [7, 11) is 0. The number of halogens is 2. The third-order valence-corrected chi connectivity index (χ3v) is 4.83. The van der Waals surface area contributed by atoms with Gasteiger partial charge < -0.3 is 9.64 Å². The molecule has 0 radical (unpaired) electrons. The van der Waals surface area contributed by atoms with Gasteiger partial charge in [0.05, 0.1) is 6.61 Å². The standard InChI is InChI=1S/C17H25BrFNO/c1-3-17(2,19)13-20-10-8-14(9-11-20)12-21-16-6-4-15(18)5-7-16/h4-7,14H,3,8-13H2,1-2H3. The van der Waals surface area contributed by atoms with Crippen LogP contribution in [0.25, 0.3) is 0 Å². The number of alkyl halides is 1. The molecule has 0 aromatic heterocycles. The molecule has 2 nitrogen and oxygen atoms in total. The molecule has 1 saturated heterocycles. The number of ether oxygens (including phenoxy) is 1. The van der Waals surface area contributed by atoms with E-state index in [1.807, 2.05) is 31.2 Å². The van der Waals surface area contributed by atoms with Gasteiger partial charge in [-0.1, -0.05) is 22.9 Å². The van der Waals surface area contributed by atoms with E-state index in [2.05, 4.69) is 20.8 Å². The fourth-order valence-electron chi connectivity index (χ4n) is 2.63. The molecule has 1 unspecified atom stereocenters. The van der Waals surface area contributed by atoms with Gasteiger partial charge in [-0.15, -0.1) is 0 Å². The van der Waals surface area contributed by atoms with E-state index in [0.29, 0.717) is 18.9 Å². The van der Waals surface area contributed by atoms with E-state index in [1.54, 1.807) is 6.92 Å². The Bertz CT molecular complexity index is 427. The van der Waals surface area contributed by atoms with Crippen LogP contribution in [0.4, 0.5) is 4.39 Å². The van der Waals surface area contributed by atoms with Gasteiger partial charge >= 0.3 is 0 Å². The number of likely N-dealkylation sites (tertiary alicyclic amines) is 1. The highest BCUT2D eigenvalue weighted by molar-refractivity contribution is 9.10. The Balaban J connectivity index is 1.70. The highest BCUT2D eigenvalue weighted by atomic mass is 79.9. The molecule has 0 saturated carbocycles. The molecule has 0 bridgehead atoms. The van der Waals surface area contributed by atoms with Crippen molar-refractivity contribution in [3.63, 3.8) is 0 Å². The molecule has 1 aliphatic heterocycles. The highest BCUT2D eigenvalue weighted by Crippen LogP contribution is 2.24. The van der Waals surface area contributed by atoms with Crippen molar-refractivity contribution < 1.29 is 9.13 Å². The van der Waals surface area contributed by atoms with Crippen molar-refractivity contribution in [2.45, 2.75) is 38.8 Å². The molecule has 1 atom stereocenters. The van der Waals surface area contributed by atoms with Gasteiger partial charge in [0.1, 0.15) is 11.4 Å². The van der Waals surface area contributed by atoms with E-state index in [1.165, 1.54) is 0 Å². The zero-order valence-electron chi connectivity index (χ0n) is 12.9. The maximum absolute atomic E-state index is 14.0. The Morgan fingerprint density at radius 3 is 2.48 bits per heavy atom. The molecule has 1 aliphatic rings. The largest absolute Gasteiger partial charge is 0.493 e. The summed E-state index contributed by atoms with van der Waals surface area (Å²) in [5.41, 5.74) is -1.05. The van der Waals surface area contributed by atoms with Crippen molar-refractivity contribution in [3.8, 4) is 5.75 Å². The second-order valence-corrected chi connectivity index (χ2v) is 7.17. The number of nitrogens with zero attached hydrogens (tertiary/aromatic N) is 1. The lowest BCUT2D eigenvalue weighted by molar-refractivity contribution is 0.0711. The molecule has 0 amide bonds. The summed E-state index contributed by atoms with van der Waals surface area (Å²) >= 11 is 3.42. The monoisotopic (exact) mass is 357 g/mol. The summed E-state index contributed by atoms with van der Waals surface area (Å²) in [6.45, 7) is 6.90. The molecule has 2 rings (SSSR count). The number of piperidine rings is 1. The number of hydrogen-bond donors (Lipinski definition) is 0. The number of rotatable bonds is 6. The zero-order valence-corrected chi connectivity index (χ0v) is 14.5. The van der Waals surface area contributed by atoms with Gasteiger partial charge in [0.2, 0.25) is 0 Å². The van der Waals surface area contributed by atoms with Crippen LogP contribution in [0.5, 0.6) is 5.75 Å². The Morgan fingerprint density at radius 1 is 1.29 bits per heavy atom. The summed E-state index contributed by atoms with van der Waals surface area (Å²) in [6, 6.07) is 7.94. The van der Waals surface area contributed by atoms with Gasteiger partial charge in [0, 0.05) is 11.0 Å². The average Bonchev–Trinajstić information content (AvgIpc) is 2.48. The number of benzene rings is 1. The smallest absolute Gasteiger partial charge is 0.120 e. The minimum atomic E-state index is -1.05. The fourth-order valence-corrected chi connectivity index (χ4v) is 2.90. The van der Waals surface area contributed by atoms with E-state index in [0.717, 1.165) is 42.8 Å². The average molecular weight is 358 g/mol. The highest BCUT2D eigenvalue weighted by Gasteiger charge is 2.27. The van der Waals surface area contributed by atoms with E-state index in [4.69, 9.17) is 4.74 Å². The van der Waals surface area contributed by atoms with Crippen LogP contribution in [0, 0.1) is 5.92 Å². The molecule has 0 aliphatic carbocycles. The maximum atomic E-state index is 14.0. The summed E-state index contributed by atoms with van der Waals surface area (Å²) in [6.07, 6.45) is 2.77. The second-order valence-electron chi connectivity index (χ2n) is 6.25. The molecule has 4 heteroatoms. The van der Waals surface area contributed by atoms with Gasteiger partial charge in [-0.05, 0) is 69.5 Å². The first kappa shape index (κ1) is 16.8. The Morgan fingerprint density at radius 2 is 1.90 bits per heavy atom. The predicted octanol–water partition coefficient (Wildman–Crippen LogP) is 4.68. The topological polar surface area (TPSA) is 12.5 Å². The van der Waals surface area contributed by atoms with Crippen LogP contribution in [-0.4, -0.2) is 36.8 Å². The lowest BCUT2D eigenvalue weighted by Crippen LogP contribution is -2.42. The zero-order chi connectivity index (χ0) is 15.3. The Labute approximate surface area is 135 Å². The normalized spacial score (nSPS) is 20.2. The van der Waals surface area contributed by atoms with E-state index < -0.39 is 5.67 Å². The quantitative estimate of drug-likeness (QED) is 0.732. The van der Waals surface area contributed by atoms with Crippen LogP contribution in [0.15, 0.2) is 28.7 Å². The van der Waals surface area contributed by atoms with E-state index in [9.17, 15) is 4.39 Å². The molecule has 118 valence electrons. The van der Waals surface area contributed by atoms with Crippen molar-refractivity contribution in [1.29, 1.82) is 0 Å². The molecule has 1 heterocycles. The van der Waals surface area contributed by atoms with Gasteiger partial charge in [-0.3, -0.25) is 0 Å². The number of hydrogen-bond acceptors (Lipinski definition) is 2. The summed E-state index contributed by atoms with van der Waals surface area (Å²) in [5, 5.41) is 0. The molecule has 21 heavy (non-hydrogen) atoms. The lowest BCUT2D eigenvalue weighted by Gasteiger charge is -2.35. The Hall–Kier alpha value is -0.610. The van der Waals surface area contributed by atoms with Crippen LogP contribution in [-0.2, 0) is 0 Å². The second kappa shape index (κ2) is 7.59. The lowest BCUT2D eigenvalue weighted by atomic mass is 9.96. The SMILES string of the molecule is CCC(C)(F)CN1CCC(COc2ccc(Br)cc2)CC1. The van der Waals surface area contributed by atoms with Crippen LogP contribution in [0.1, 0.15) is 33.1 Å². The summed E-state index contributed by atoms with van der Waals surface area (Å²) in [4.78, 5) is 2.25. The van der Waals surface area contributed by atoms with Gasteiger partial charge in [-0.2, -0.15) is 0 Å². The maximum Gasteiger partial charge on any atom is 0.120 e. The van der Waals surface area contributed by atoms with Gasteiger partial charge in [-0.25, -0.2) is 4.39 Å². The fraction of sp³-hybridized carbons (Fsp3) is 0.647. The molecule has 1 aromatic carbocycles. The summed E-state index contributed by atoms with van der Waals surface area (Å²) in [5.74, 6) is 1.50. The molecule has 1 aromatic rings.